The van der Waals surface area contributed by atoms with E-state index in [1.807, 2.05) is 26.0 Å². The van der Waals surface area contributed by atoms with Crippen LogP contribution in [-0.2, 0) is 7.05 Å². The fourth-order valence-electron chi connectivity index (χ4n) is 1.66. The van der Waals surface area contributed by atoms with Gasteiger partial charge in [-0.2, -0.15) is 5.10 Å². The van der Waals surface area contributed by atoms with E-state index in [0.29, 0.717) is 11.1 Å². The summed E-state index contributed by atoms with van der Waals surface area (Å²) in [5.41, 5.74) is 1.23. The van der Waals surface area contributed by atoms with Gasteiger partial charge in [0.1, 0.15) is 5.75 Å². The predicted octanol–water partition coefficient (Wildman–Crippen LogP) is 2.44. The molecule has 4 heteroatoms. The maximum absolute atomic E-state index is 12.1. The van der Waals surface area contributed by atoms with E-state index in [9.17, 15) is 4.79 Å². The van der Waals surface area contributed by atoms with E-state index in [1.54, 1.807) is 36.3 Å². The van der Waals surface area contributed by atoms with Gasteiger partial charge in [-0.3, -0.25) is 9.48 Å². The van der Waals surface area contributed by atoms with E-state index in [2.05, 4.69) is 5.10 Å². The molecule has 4 nitrogen and oxygen atoms in total. The van der Waals surface area contributed by atoms with Crippen LogP contribution in [-0.4, -0.2) is 21.7 Å². The third-order valence-electron chi connectivity index (χ3n) is 2.46. The molecule has 0 N–H and O–H groups in total. The quantitative estimate of drug-likeness (QED) is 0.776. The molecule has 0 aliphatic rings. The van der Waals surface area contributed by atoms with Gasteiger partial charge in [-0.15, -0.1) is 0 Å². The molecule has 0 amide bonds. The number of ketones is 1. The number of rotatable bonds is 4. The summed E-state index contributed by atoms with van der Waals surface area (Å²) in [7, 11) is 1.79. The van der Waals surface area contributed by atoms with E-state index in [1.165, 1.54) is 0 Å². The lowest BCUT2D eigenvalue weighted by Crippen LogP contribution is -2.06. The fraction of sp³-hybridized carbons (Fsp3) is 0.286. The van der Waals surface area contributed by atoms with Gasteiger partial charge in [-0.1, -0.05) is 0 Å². The van der Waals surface area contributed by atoms with Crippen LogP contribution in [0, 0.1) is 0 Å². The summed E-state index contributed by atoms with van der Waals surface area (Å²) in [6.45, 7) is 3.93. The predicted molar refractivity (Wildman–Crippen MR) is 68.8 cm³/mol. The Bertz CT molecular complexity index is 541. The number of carbonyl (C=O) groups is 1. The third-order valence-corrected chi connectivity index (χ3v) is 2.46. The van der Waals surface area contributed by atoms with Crippen molar-refractivity contribution in [3.63, 3.8) is 0 Å². The molecule has 0 unspecified atom stereocenters. The normalized spacial score (nSPS) is 10.7. The first-order valence-electron chi connectivity index (χ1n) is 5.86. The monoisotopic (exact) mass is 244 g/mol. The zero-order valence-electron chi connectivity index (χ0n) is 10.8. The first kappa shape index (κ1) is 12.4. The van der Waals surface area contributed by atoms with Crippen LogP contribution in [0.3, 0.4) is 0 Å². The molecule has 1 aromatic heterocycles. The summed E-state index contributed by atoms with van der Waals surface area (Å²) in [6, 6.07) is 7.16. The molecule has 0 aliphatic heterocycles. The minimum absolute atomic E-state index is 0.0285. The lowest BCUT2D eigenvalue weighted by Gasteiger charge is -2.09. The Morgan fingerprint density at radius 3 is 2.39 bits per heavy atom. The van der Waals surface area contributed by atoms with Crippen molar-refractivity contribution >= 4 is 5.78 Å². The molecule has 0 spiro atoms. The Balaban J connectivity index is 2.17. The molecule has 0 bridgehead atoms. The van der Waals surface area contributed by atoms with Gasteiger partial charge in [0.05, 0.1) is 17.9 Å². The van der Waals surface area contributed by atoms with Crippen LogP contribution in [0.2, 0.25) is 0 Å². The molecule has 0 aliphatic carbocycles. The first-order chi connectivity index (χ1) is 8.56. The van der Waals surface area contributed by atoms with Crippen LogP contribution in [0.4, 0.5) is 0 Å². The standard InChI is InChI=1S/C14H16N2O2/c1-10(2)18-13-6-4-11(5-7-13)14(17)12-8-15-16(3)9-12/h4-10H,1-3H3. The van der Waals surface area contributed by atoms with Crippen molar-refractivity contribution in [2.45, 2.75) is 20.0 Å². The number of nitrogens with zero attached hydrogens (tertiary/aromatic N) is 2. The zero-order valence-corrected chi connectivity index (χ0v) is 10.8. The highest BCUT2D eigenvalue weighted by Crippen LogP contribution is 2.16. The summed E-state index contributed by atoms with van der Waals surface area (Å²) in [5, 5.41) is 3.99. The van der Waals surface area contributed by atoms with Crippen molar-refractivity contribution in [1.29, 1.82) is 0 Å². The molecule has 18 heavy (non-hydrogen) atoms. The number of hydrogen-bond donors (Lipinski definition) is 0. The Labute approximate surface area is 106 Å². The molecule has 94 valence electrons. The van der Waals surface area contributed by atoms with Gasteiger partial charge < -0.3 is 4.74 Å². The Kier molecular flexibility index (Phi) is 3.46. The zero-order chi connectivity index (χ0) is 13.1. The second-order valence-corrected chi connectivity index (χ2v) is 4.42. The largest absolute Gasteiger partial charge is 0.491 e. The van der Waals surface area contributed by atoms with Crippen LogP contribution in [0.15, 0.2) is 36.7 Å². The van der Waals surface area contributed by atoms with E-state index in [4.69, 9.17) is 4.74 Å². The molecule has 0 radical (unpaired) electrons. The van der Waals surface area contributed by atoms with Crippen molar-refractivity contribution in [3.05, 3.63) is 47.8 Å². The molecule has 0 atom stereocenters. The molecule has 0 fully saturated rings. The highest BCUT2D eigenvalue weighted by Gasteiger charge is 2.10. The molecule has 1 aromatic carbocycles. The van der Waals surface area contributed by atoms with Gasteiger partial charge in [0.2, 0.25) is 0 Å². The van der Waals surface area contributed by atoms with Crippen LogP contribution in [0.5, 0.6) is 5.75 Å². The number of benzene rings is 1. The van der Waals surface area contributed by atoms with Gasteiger partial charge >= 0.3 is 0 Å². The van der Waals surface area contributed by atoms with Gasteiger partial charge in [-0.25, -0.2) is 0 Å². The summed E-state index contributed by atoms with van der Waals surface area (Å²) < 4.78 is 7.15. The van der Waals surface area contributed by atoms with Crippen molar-refractivity contribution < 1.29 is 9.53 Å². The van der Waals surface area contributed by atoms with E-state index in [0.717, 1.165) is 5.75 Å². The van der Waals surface area contributed by atoms with Gasteiger partial charge in [0, 0.05) is 18.8 Å². The topological polar surface area (TPSA) is 44.1 Å². The smallest absolute Gasteiger partial charge is 0.196 e. The second-order valence-electron chi connectivity index (χ2n) is 4.42. The third kappa shape index (κ3) is 2.77. The van der Waals surface area contributed by atoms with E-state index >= 15 is 0 Å². The summed E-state index contributed by atoms with van der Waals surface area (Å²) in [4.78, 5) is 12.1. The van der Waals surface area contributed by atoms with E-state index in [-0.39, 0.29) is 11.9 Å². The SMILES string of the molecule is CC(C)Oc1ccc(C(=O)c2cnn(C)c2)cc1. The Morgan fingerprint density at radius 2 is 1.89 bits per heavy atom. The van der Waals surface area contributed by atoms with Crippen LogP contribution in [0.1, 0.15) is 29.8 Å². The molecular weight excluding hydrogens is 228 g/mol. The summed E-state index contributed by atoms with van der Waals surface area (Å²) >= 11 is 0. The molecule has 1 heterocycles. The molecule has 2 aromatic rings. The summed E-state index contributed by atoms with van der Waals surface area (Å²) in [6.07, 6.45) is 3.41. The number of hydrogen-bond acceptors (Lipinski definition) is 3. The van der Waals surface area contributed by atoms with Crippen molar-refractivity contribution in [3.8, 4) is 5.75 Å². The highest BCUT2D eigenvalue weighted by atomic mass is 16.5. The molecule has 2 rings (SSSR count). The van der Waals surface area contributed by atoms with Crippen LogP contribution < -0.4 is 4.74 Å². The fourth-order valence-corrected chi connectivity index (χ4v) is 1.66. The molecule has 0 saturated carbocycles. The number of ether oxygens (including phenoxy) is 1. The minimum atomic E-state index is -0.0285. The average Bonchev–Trinajstić information content (AvgIpc) is 2.75. The second kappa shape index (κ2) is 5.04. The van der Waals surface area contributed by atoms with Crippen LogP contribution in [0.25, 0.3) is 0 Å². The van der Waals surface area contributed by atoms with Crippen molar-refractivity contribution in [1.82, 2.24) is 9.78 Å². The lowest BCUT2D eigenvalue weighted by atomic mass is 10.1. The Morgan fingerprint density at radius 1 is 1.22 bits per heavy atom. The summed E-state index contributed by atoms with van der Waals surface area (Å²) in [5.74, 6) is 0.743. The van der Waals surface area contributed by atoms with Gasteiger partial charge in [0.15, 0.2) is 5.78 Å². The number of carbonyl (C=O) groups excluding carboxylic acids is 1. The van der Waals surface area contributed by atoms with Crippen molar-refractivity contribution in [2.24, 2.45) is 7.05 Å². The average molecular weight is 244 g/mol. The van der Waals surface area contributed by atoms with Crippen molar-refractivity contribution in [2.75, 3.05) is 0 Å². The van der Waals surface area contributed by atoms with E-state index < -0.39 is 0 Å². The number of aryl methyl sites for hydroxylation is 1. The Hall–Kier alpha value is -2.10. The highest BCUT2D eigenvalue weighted by molar-refractivity contribution is 6.08. The lowest BCUT2D eigenvalue weighted by molar-refractivity contribution is 0.103. The van der Waals surface area contributed by atoms with Crippen LogP contribution >= 0.6 is 0 Å². The maximum Gasteiger partial charge on any atom is 0.196 e. The van der Waals surface area contributed by atoms with Gasteiger partial charge in [0.25, 0.3) is 0 Å². The molecular formula is C14H16N2O2. The first-order valence-corrected chi connectivity index (χ1v) is 5.86. The maximum atomic E-state index is 12.1. The molecule has 0 saturated heterocycles. The van der Waals surface area contributed by atoms with Gasteiger partial charge in [-0.05, 0) is 38.1 Å². The minimum Gasteiger partial charge on any atom is -0.491 e. The number of aromatic nitrogens is 2.